The van der Waals surface area contributed by atoms with Gasteiger partial charge < -0.3 is 6.15 Å². The molecule has 0 aliphatic carbocycles. The number of halogens is 1. The first-order chi connectivity index (χ1) is 18.1. The third-order valence-electron chi connectivity index (χ3n) is 8.48. The van der Waals surface area contributed by atoms with Crippen molar-refractivity contribution in [2.45, 2.75) is 194 Å². The molecule has 0 aliphatic rings. The van der Waals surface area contributed by atoms with E-state index in [9.17, 15) is 0 Å². The zero-order valence-electron chi connectivity index (χ0n) is 27.1. The fourth-order valence-corrected chi connectivity index (χ4v) is 5.98. The summed E-state index contributed by atoms with van der Waals surface area (Å²) in [5, 5.41) is 0. The molecule has 1 aromatic carbocycles. The van der Waals surface area contributed by atoms with E-state index in [-0.39, 0.29) is 18.6 Å². The summed E-state index contributed by atoms with van der Waals surface area (Å²) in [6, 6.07) is 11.0. The molecule has 0 radical (unpaired) electrons. The van der Waals surface area contributed by atoms with Crippen molar-refractivity contribution < 1.29 is 0 Å². The van der Waals surface area contributed by atoms with E-state index < -0.39 is 0 Å². The van der Waals surface area contributed by atoms with Gasteiger partial charge in [0, 0.05) is 0 Å². The Hall–Kier alpha value is -0.530. The lowest BCUT2D eigenvalue weighted by Crippen LogP contribution is -2.14. The minimum absolute atomic E-state index is 0. The van der Waals surface area contributed by atoms with E-state index in [1.54, 1.807) is 0 Å². The SMILES string of the molecule is CCCCCCCCCCCCCCCCCCCCCCCCCCCC(C)(C)Cc1ccccc1.Cl.N. The van der Waals surface area contributed by atoms with Crippen molar-refractivity contribution in [3.05, 3.63) is 35.9 Å². The van der Waals surface area contributed by atoms with Crippen molar-refractivity contribution in [2.75, 3.05) is 0 Å². The molecular weight excluding hydrogens is 494 g/mol. The van der Waals surface area contributed by atoms with Gasteiger partial charge in [0.25, 0.3) is 0 Å². The summed E-state index contributed by atoms with van der Waals surface area (Å²) in [4.78, 5) is 0. The van der Waals surface area contributed by atoms with Gasteiger partial charge in [0.1, 0.15) is 0 Å². The molecular formula is C37H72ClN. The van der Waals surface area contributed by atoms with Gasteiger partial charge in [-0.15, -0.1) is 12.4 Å². The monoisotopic (exact) mass is 566 g/mol. The smallest absolute Gasteiger partial charge is 0.0227 e. The van der Waals surface area contributed by atoms with Crippen LogP contribution in [0.15, 0.2) is 30.3 Å². The van der Waals surface area contributed by atoms with Gasteiger partial charge >= 0.3 is 0 Å². The summed E-state index contributed by atoms with van der Waals surface area (Å²) in [5.41, 5.74) is 1.93. The minimum atomic E-state index is 0. The average molecular weight is 566 g/mol. The molecule has 39 heavy (non-hydrogen) atoms. The Morgan fingerprint density at radius 2 is 0.718 bits per heavy atom. The molecule has 0 spiro atoms. The van der Waals surface area contributed by atoms with Crippen LogP contribution in [0.1, 0.15) is 193 Å². The fourth-order valence-electron chi connectivity index (χ4n) is 5.98. The molecule has 0 heterocycles. The van der Waals surface area contributed by atoms with Crippen molar-refractivity contribution in [3.63, 3.8) is 0 Å². The van der Waals surface area contributed by atoms with Crippen LogP contribution >= 0.6 is 12.4 Å². The van der Waals surface area contributed by atoms with Crippen molar-refractivity contribution in [1.29, 1.82) is 0 Å². The van der Waals surface area contributed by atoms with Gasteiger partial charge in [0.2, 0.25) is 0 Å². The number of rotatable bonds is 28. The van der Waals surface area contributed by atoms with E-state index in [2.05, 4.69) is 51.1 Å². The van der Waals surface area contributed by atoms with Crippen LogP contribution in [-0.4, -0.2) is 0 Å². The maximum atomic E-state index is 2.44. The Kier molecular flexibility index (Phi) is 31.7. The topological polar surface area (TPSA) is 35.0 Å². The van der Waals surface area contributed by atoms with Crippen molar-refractivity contribution >= 4 is 12.4 Å². The highest BCUT2D eigenvalue weighted by Crippen LogP contribution is 2.28. The van der Waals surface area contributed by atoms with Crippen molar-refractivity contribution in [2.24, 2.45) is 5.41 Å². The first kappa shape index (κ1) is 40.6. The quantitative estimate of drug-likeness (QED) is 0.101. The highest BCUT2D eigenvalue weighted by atomic mass is 35.5. The van der Waals surface area contributed by atoms with Gasteiger partial charge in [-0.05, 0) is 23.8 Å². The standard InChI is InChI=1S/C37H68.ClH.H3N/c1-4-5-6-7-8-9-10-11-12-13-14-15-16-17-18-19-20-21-22-23-24-25-26-27-31-34-37(2,3)35-36-32-29-28-30-33-36;;/h28-30,32-33H,4-27,31,34-35H2,1-3H3;1H;1H3. The summed E-state index contributed by atoms with van der Waals surface area (Å²) in [6.45, 7) is 7.19. The summed E-state index contributed by atoms with van der Waals surface area (Å²) >= 11 is 0. The van der Waals surface area contributed by atoms with Crippen LogP contribution in [0, 0.1) is 5.41 Å². The van der Waals surface area contributed by atoms with Gasteiger partial charge in [0.05, 0.1) is 0 Å². The predicted molar refractivity (Wildman–Crippen MR) is 182 cm³/mol. The minimum Gasteiger partial charge on any atom is -0.344 e. The maximum absolute atomic E-state index is 2.44. The van der Waals surface area contributed by atoms with Crippen LogP contribution in [0.4, 0.5) is 0 Å². The fraction of sp³-hybridized carbons (Fsp3) is 0.838. The lowest BCUT2D eigenvalue weighted by atomic mass is 9.81. The molecule has 1 nitrogen and oxygen atoms in total. The van der Waals surface area contributed by atoms with E-state index in [1.165, 1.54) is 179 Å². The molecule has 1 aromatic rings. The van der Waals surface area contributed by atoms with Crippen LogP contribution in [0.2, 0.25) is 0 Å². The summed E-state index contributed by atoms with van der Waals surface area (Å²) in [5.74, 6) is 0. The second-order valence-corrected chi connectivity index (χ2v) is 13.1. The zero-order chi connectivity index (χ0) is 26.7. The molecule has 3 N–H and O–H groups in total. The van der Waals surface area contributed by atoms with E-state index in [0.29, 0.717) is 5.41 Å². The third kappa shape index (κ3) is 28.8. The summed E-state index contributed by atoms with van der Waals surface area (Å²) < 4.78 is 0. The molecule has 2 heteroatoms. The van der Waals surface area contributed by atoms with Crippen LogP contribution in [0.25, 0.3) is 0 Å². The first-order valence-electron chi connectivity index (χ1n) is 17.2. The first-order valence-corrected chi connectivity index (χ1v) is 17.2. The Morgan fingerprint density at radius 1 is 0.436 bits per heavy atom. The number of hydrogen-bond acceptors (Lipinski definition) is 1. The molecule has 232 valence electrons. The van der Waals surface area contributed by atoms with Crippen LogP contribution in [0.3, 0.4) is 0 Å². The Bertz CT molecular complexity index is 570. The van der Waals surface area contributed by atoms with Crippen LogP contribution in [-0.2, 0) is 6.42 Å². The lowest BCUT2D eigenvalue weighted by Gasteiger charge is -2.24. The van der Waals surface area contributed by atoms with Gasteiger partial charge in [0.15, 0.2) is 0 Å². The van der Waals surface area contributed by atoms with E-state index in [1.807, 2.05) is 0 Å². The molecule has 0 unspecified atom stereocenters. The molecule has 0 bridgehead atoms. The molecule has 0 aliphatic heterocycles. The van der Waals surface area contributed by atoms with E-state index >= 15 is 0 Å². The second-order valence-electron chi connectivity index (χ2n) is 13.1. The lowest BCUT2D eigenvalue weighted by molar-refractivity contribution is 0.316. The average Bonchev–Trinajstić information content (AvgIpc) is 2.89. The van der Waals surface area contributed by atoms with Crippen molar-refractivity contribution in [1.82, 2.24) is 6.15 Å². The summed E-state index contributed by atoms with van der Waals surface area (Å²) in [6.07, 6.45) is 39.3. The van der Waals surface area contributed by atoms with E-state index in [0.717, 1.165) is 0 Å². The number of unbranched alkanes of at least 4 members (excludes halogenated alkanes) is 24. The van der Waals surface area contributed by atoms with Gasteiger partial charge in [-0.3, -0.25) is 0 Å². The number of benzene rings is 1. The van der Waals surface area contributed by atoms with E-state index in [4.69, 9.17) is 0 Å². The largest absolute Gasteiger partial charge is 0.344 e. The van der Waals surface area contributed by atoms with Gasteiger partial charge in [-0.25, -0.2) is 0 Å². The van der Waals surface area contributed by atoms with Crippen LogP contribution in [0.5, 0.6) is 0 Å². The maximum Gasteiger partial charge on any atom is -0.0227 e. The molecule has 0 aromatic heterocycles. The zero-order valence-corrected chi connectivity index (χ0v) is 27.9. The highest BCUT2D eigenvalue weighted by molar-refractivity contribution is 5.85. The molecule has 0 amide bonds. The predicted octanol–water partition coefficient (Wildman–Crippen LogP) is 14.0. The molecule has 0 saturated carbocycles. The van der Waals surface area contributed by atoms with Crippen molar-refractivity contribution in [3.8, 4) is 0 Å². The number of hydrogen-bond donors (Lipinski definition) is 1. The van der Waals surface area contributed by atoms with Gasteiger partial charge in [-0.2, -0.15) is 0 Å². The van der Waals surface area contributed by atoms with Crippen LogP contribution < -0.4 is 6.15 Å². The Balaban J connectivity index is 0. The molecule has 0 saturated heterocycles. The Labute approximate surface area is 253 Å². The summed E-state index contributed by atoms with van der Waals surface area (Å²) in [7, 11) is 0. The molecule has 0 fully saturated rings. The Morgan fingerprint density at radius 3 is 1.03 bits per heavy atom. The highest BCUT2D eigenvalue weighted by Gasteiger charge is 2.17. The molecule has 0 atom stereocenters. The third-order valence-corrected chi connectivity index (χ3v) is 8.48. The normalized spacial score (nSPS) is 11.3. The molecule has 1 rings (SSSR count). The second kappa shape index (κ2) is 30.4. The van der Waals surface area contributed by atoms with Gasteiger partial charge in [-0.1, -0.05) is 212 Å².